The molecule has 4 rings (SSSR count). The van der Waals surface area contributed by atoms with Crippen LogP contribution >= 0.6 is 0 Å². The quantitative estimate of drug-likeness (QED) is 0.626. The molecule has 0 aliphatic heterocycles. The number of anilines is 1. The minimum atomic E-state index is 0.167. The minimum Gasteiger partial charge on any atom is -0.394 e. The van der Waals surface area contributed by atoms with Gasteiger partial charge in [0.2, 0.25) is 11.5 Å². The first-order valence-electron chi connectivity index (χ1n) is 9.67. The summed E-state index contributed by atoms with van der Waals surface area (Å²) in [4.78, 5) is 16.7. The van der Waals surface area contributed by atoms with E-state index in [0.29, 0.717) is 23.5 Å². The predicted molar refractivity (Wildman–Crippen MR) is 103 cm³/mol. The number of hydrogen-bond donors (Lipinski definition) is 1. The third-order valence-electron chi connectivity index (χ3n) is 6.05. The maximum Gasteiger partial charge on any atom is 0.375 e. The van der Waals surface area contributed by atoms with Gasteiger partial charge in [0.15, 0.2) is 5.52 Å². The molecular weight excluding hydrogens is 324 g/mol. The highest BCUT2D eigenvalue weighted by Gasteiger charge is 2.27. The molecule has 2 heterocycles. The van der Waals surface area contributed by atoms with Gasteiger partial charge in [-0.3, -0.25) is 0 Å². The Kier molecular flexibility index (Phi) is 4.62. The van der Waals surface area contributed by atoms with E-state index in [-0.39, 0.29) is 5.95 Å². The van der Waals surface area contributed by atoms with Gasteiger partial charge in [0.25, 0.3) is 0 Å². The fraction of sp³-hybridized carbons (Fsp3) is 0.600. The molecule has 2 saturated carbocycles. The minimum absolute atomic E-state index is 0.167. The molecule has 0 amide bonds. The van der Waals surface area contributed by atoms with Crippen molar-refractivity contribution in [1.29, 1.82) is 0 Å². The first kappa shape index (κ1) is 17.0. The number of imidazole rings is 1. The highest BCUT2D eigenvalue weighted by molar-refractivity contribution is 5.84. The number of nitrogens with zero attached hydrogens (tertiary/aromatic N) is 5. The van der Waals surface area contributed by atoms with Crippen LogP contribution in [0.15, 0.2) is 18.5 Å². The van der Waals surface area contributed by atoms with Crippen molar-refractivity contribution in [1.82, 2.24) is 19.5 Å². The van der Waals surface area contributed by atoms with E-state index >= 15 is 0 Å². The van der Waals surface area contributed by atoms with Gasteiger partial charge in [-0.05, 0) is 57.3 Å². The van der Waals surface area contributed by atoms with Crippen molar-refractivity contribution in [2.75, 3.05) is 5.32 Å². The van der Waals surface area contributed by atoms with Gasteiger partial charge >= 0.3 is 5.95 Å². The number of fused-ring (bicyclic) bond motifs is 1. The summed E-state index contributed by atoms with van der Waals surface area (Å²) in [6.07, 6.45) is 10.3. The van der Waals surface area contributed by atoms with Crippen LogP contribution in [-0.2, 0) is 6.54 Å². The molecule has 0 bridgehead atoms. The summed E-state index contributed by atoms with van der Waals surface area (Å²) in [6.45, 7) is 14.5. The maximum atomic E-state index is 7.29. The number of hydrogen-bond acceptors (Lipinski definition) is 4. The van der Waals surface area contributed by atoms with Crippen molar-refractivity contribution in [3.05, 3.63) is 29.9 Å². The molecular formula is C20H26N6. The van der Waals surface area contributed by atoms with Gasteiger partial charge in [-0.2, -0.15) is 0 Å². The third kappa shape index (κ3) is 3.31. The molecule has 0 radical (unpaired) electrons. The summed E-state index contributed by atoms with van der Waals surface area (Å²) in [5.74, 6) is 2.26. The molecule has 1 atom stereocenters. The molecule has 2 aromatic rings. The summed E-state index contributed by atoms with van der Waals surface area (Å²) in [6, 6.07) is 0.349. The lowest BCUT2D eigenvalue weighted by molar-refractivity contribution is 0.285. The summed E-state index contributed by atoms with van der Waals surface area (Å²) in [5, 5.41) is 3.56. The van der Waals surface area contributed by atoms with E-state index in [0.717, 1.165) is 30.7 Å². The van der Waals surface area contributed by atoms with Gasteiger partial charge in [-0.1, -0.05) is 18.6 Å². The number of rotatable bonds is 5. The zero-order valence-electron chi connectivity index (χ0n) is 15.4. The molecule has 2 aliphatic carbocycles. The SMILES string of the molecule is [C-]#[N+]c1nc(N[C@H](C)C2CCC2)c2c(ncn2CC2CCC(=C)CC2)n1. The predicted octanol–water partition coefficient (Wildman–Crippen LogP) is 4.72. The van der Waals surface area contributed by atoms with E-state index in [2.05, 4.69) is 43.2 Å². The van der Waals surface area contributed by atoms with Gasteiger partial charge in [-0.15, -0.1) is 16.5 Å². The largest absolute Gasteiger partial charge is 0.394 e. The van der Waals surface area contributed by atoms with Crippen molar-refractivity contribution >= 4 is 22.9 Å². The highest BCUT2D eigenvalue weighted by Crippen LogP contribution is 2.33. The van der Waals surface area contributed by atoms with Crippen LogP contribution < -0.4 is 5.32 Å². The van der Waals surface area contributed by atoms with Gasteiger partial charge < -0.3 is 14.7 Å². The fourth-order valence-corrected chi connectivity index (χ4v) is 4.08. The summed E-state index contributed by atoms with van der Waals surface area (Å²) < 4.78 is 2.18. The van der Waals surface area contributed by atoms with Crippen LogP contribution in [0.1, 0.15) is 51.9 Å². The lowest BCUT2D eigenvalue weighted by Crippen LogP contribution is -2.31. The fourth-order valence-electron chi connectivity index (χ4n) is 4.08. The second-order valence-corrected chi connectivity index (χ2v) is 7.87. The topological polar surface area (TPSA) is 60.0 Å². The second-order valence-electron chi connectivity index (χ2n) is 7.87. The Morgan fingerprint density at radius 2 is 2.08 bits per heavy atom. The number of allylic oxidation sites excluding steroid dienone is 1. The van der Waals surface area contributed by atoms with Crippen molar-refractivity contribution in [3.63, 3.8) is 0 Å². The van der Waals surface area contributed by atoms with E-state index in [4.69, 9.17) is 6.57 Å². The van der Waals surface area contributed by atoms with Crippen molar-refractivity contribution in [2.24, 2.45) is 11.8 Å². The Labute approximate surface area is 154 Å². The zero-order chi connectivity index (χ0) is 18.1. The van der Waals surface area contributed by atoms with E-state index in [1.54, 1.807) is 0 Å². The molecule has 6 nitrogen and oxygen atoms in total. The summed E-state index contributed by atoms with van der Waals surface area (Å²) in [5.41, 5.74) is 2.93. The lowest BCUT2D eigenvalue weighted by atomic mass is 9.80. The average Bonchev–Trinajstić information content (AvgIpc) is 2.98. The Morgan fingerprint density at radius 3 is 2.73 bits per heavy atom. The standard InChI is InChI=1S/C20H26N6/c1-13-7-9-15(10-8-13)11-26-12-22-18-17(26)19(25-20(21-3)24-18)23-14(2)16-5-4-6-16/h12,14-16H,1,4-11H2,2H3,(H,23,24,25)/t14-/m1/s1. The number of nitrogens with one attached hydrogen (secondary N) is 1. The van der Waals surface area contributed by atoms with Crippen LogP contribution in [0.5, 0.6) is 0 Å². The van der Waals surface area contributed by atoms with Gasteiger partial charge in [0.1, 0.15) is 0 Å². The van der Waals surface area contributed by atoms with Crippen LogP contribution in [0.2, 0.25) is 0 Å². The van der Waals surface area contributed by atoms with Gasteiger partial charge in [0.05, 0.1) is 6.33 Å². The molecule has 0 aromatic carbocycles. The molecule has 0 spiro atoms. The smallest absolute Gasteiger partial charge is 0.375 e. The Morgan fingerprint density at radius 1 is 1.31 bits per heavy atom. The normalized spacial score (nSPS) is 19.9. The second kappa shape index (κ2) is 7.06. The van der Waals surface area contributed by atoms with Gasteiger partial charge in [-0.25, -0.2) is 4.98 Å². The molecule has 2 fully saturated rings. The average molecular weight is 350 g/mol. The van der Waals surface area contributed by atoms with E-state index < -0.39 is 0 Å². The monoisotopic (exact) mass is 350 g/mol. The molecule has 26 heavy (non-hydrogen) atoms. The molecule has 0 saturated heterocycles. The van der Waals surface area contributed by atoms with E-state index in [1.165, 1.54) is 37.7 Å². The van der Waals surface area contributed by atoms with Crippen LogP contribution in [0.4, 0.5) is 11.8 Å². The molecule has 2 aromatic heterocycles. The first-order chi connectivity index (χ1) is 12.6. The molecule has 1 N–H and O–H groups in total. The van der Waals surface area contributed by atoms with Crippen molar-refractivity contribution in [3.8, 4) is 0 Å². The Bertz CT molecular complexity index is 847. The summed E-state index contributed by atoms with van der Waals surface area (Å²) >= 11 is 0. The highest BCUT2D eigenvalue weighted by atomic mass is 15.2. The van der Waals surface area contributed by atoms with Crippen LogP contribution in [0.3, 0.4) is 0 Å². The van der Waals surface area contributed by atoms with Crippen LogP contribution in [-0.4, -0.2) is 25.6 Å². The Hall–Kier alpha value is -2.42. The number of aromatic nitrogens is 4. The van der Waals surface area contributed by atoms with Crippen LogP contribution in [0, 0.1) is 18.4 Å². The van der Waals surface area contributed by atoms with Crippen molar-refractivity contribution < 1.29 is 0 Å². The zero-order valence-corrected chi connectivity index (χ0v) is 15.4. The van der Waals surface area contributed by atoms with Crippen molar-refractivity contribution in [2.45, 2.75) is 64.5 Å². The molecule has 2 aliphatic rings. The first-order valence-corrected chi connectivity index (χ1v) is 9.67. The van der Waals surface area contributed by atoms with Crippen LogP contribution in [0.25, 0.3) is 16.0 Å². The van der Waals surface area contributed by atoms with E-state index in [9.17, 15) is 0 Å². The van der Waals surface area contributed by atoms with E-state index in [1.807, 2.05) is 6.33 Å². The molecule has 0 unspecified atom stereocenters. The third-order valence-corrected chi connectivity index (χ3v) is 6.05. The lowest BCUT2D eigenvalue weighted by Gasteiger charge is -2.32. The maximum absolute atomic E-state index is 7.29. The van der Waals surface area contributed by atoms with Gasteiger partial charge in [0, 0.05) is 12.6 Å². The Balaban J connectivity index is 1.63. The summed E-state index contributed by atoms with van der Waals surface area (Å²) in [7, 11) is 0. The molecule has 6 heteroatoms. The molecule has 136 valence electrons.